The first-order valence-corrected chi connectivity index (χ1v) is 9.77. The lowest BCUT2D eigenvalue weighted by atomic mass is 10.1. The number of nitrogens with one attached hydrogen (secondary N) is 2. The highest BCUT2D eigenvalue weighted by molar-refractivity contribution is 7.89. The van der Waals surface area contributed by atoms with E-state index in [9.17, 15) is 8.42 Å². The molecule has 0 bridgehead atoms. The normalized spacial score (nSPS) is 12.1. The van der Waals surface area contributed by atoms with Crippen LogP contribution in [0.2, 0.25) is 0 Å². The molecular weight excluding hydrogens is 366 g/mol. The van der Waals surface area contributed by atoms with Crippen LogP contribution in [0, 0.1) is 0 Å². The fourth-order valence-electron chi connectivity index (χ4n) is 2.42. The van der Waals surface area contributed by atoms with Crippen LogP contribution in [0.5, 0.6) is 0 Å². The molecule has 0 saturated heterocycles. The Balaban J connectivity index is 1.93. The molecule has 0 unspecified atom stereocenters. The minimum atomic E-state index is -3.66. The van der Waals surface area contributed by atoms with Crippen molar-refractivity contribution in [2.45, 2.75) is 31.2 Å². The zero-order valence-corrected chi connectivity index (χ0v) is 16.3. The Morgan fingerprint density at radius 2 is 1.85 bits per heavy atom. The fraction of sp³-hybridized carbons (Fsp3) is 0.278. The van der Waals surface area contributed by atoms with E-state index in [-0.39, 0.29) is 10.8 Å². The second kappa shape index (κ2) is 7.09. The molecule has 3 aromatic rings. The number of aromatic nitrogens is 3. The third-order valence-electron chi connectivity index (χ3n) is 3.54. The summed E-state index contributed by atoms with van der Waals surface area (Å²) in [5.74, 6) is 0.600. The number of benzene rings is 1. The number of nitrogens with zero attached hydrogens (tertiary/aromatic N) is 3. The highest BCUT2D eigenvalue weighted by atomic mass is 32.2. The number of rotatable bonds is 5. The van der Waals surface area contributed by atoms with Crippen molar-refractivity contribution in [2.24, 2.45) is 0 Å². The third kappa shape index (κ3) is 4.50. The van der Waals surface area contributed by atoms with E-state index in [1.807, 2.05) is 6.07 Å². The molecule has 0 radical (unpaired) electrons. The molecule has 142 valence electrons. The van der Waals surface area contributed by atoms with E-state index >= 15 is 0 Å². The highest BCUT2D eigenvalue weighted by Gasteiger charge is 2.23. The van der Waals surface area contributed by atoms with Crippen molar-refractivity contribution in [2.75, 3.05) is 12.4 Å². The summed E-state index contributed by atoms with van der Waals surface area (Å²) in [4.78, 5) is 8.62. The number of hydrogen-bond donors (Lipinski definition) is 2. The van der Waals surface area contributed by atoms with E-state index in [1.165, 1.54) is 12.1 Å². The quantitative estimate of drug-likeness (QED) is 0.692. The standard InChI is InChI=1S/C18H21N5O3S/c1-18(2,3)23-27(24,25)15-7-5-6-12(9-15)17-21-16(22-26-17)13-8-14(19-4)11-20-10-13/h5-11,19,23H,1-4H3. The molecule has 0 amide bonds. The molecule has 2 heterocycles. The van der Waals surface area contributed by atoms with Gasteiger partial charge >= 0.3 is 0 Å². The van der Waals surface area contributed by atoms with Crippen LogP contribution in [0.25, 0.3) is 22.8 Å². The van der Waals surface area contributed by atoms with Crippen LogP contribution in [-0.4, -0.2) is 36.1 Å². The van der Waals surface area contributed by atoms with Gasteiger partial charge in [0.1, 0.15) is 0 Å². The van der Waals surface area contributed by atoms with Crippen molar-refractivity contribution in [3.8, 4) is 22.8 Å². The van der Waals surface area contributed by atoms with Gasteiger partial charge in [-0.2, -0.15) is 4.98 Å². The molecule has 0 aliphatic carbocycles. The van der Waals surface area contributed by atoms with Gasteiger partial charge in [-0.1, -0.05) is 11.2 Å². The molecule has 0 aliphatic rings. The molecule has 2 aromatic heterocycles. The lowest BCUT2D eigenvalue weighted by Gasteiger charge is -2.20. The Morgan fingerprint density at radius 1 is 1.07 bits per heavy atom. The first-order valence-electron chi connectivity index (χ1n) is 8.29. The van der Waals surface area contributed by atoms with E-state index in [0.29, 0.717) is 17.0 Å². The van der Waals surface area contributed by atoms with Gasteiger partial charge in [-0.05, 0) is 45.0 Å². The Kier molecular flexibility index (Phi) is 4.99. The van der Waals surface area contributed by atoms with Crippen molar-refractivity contribution in [1.82, 2.24) is 19.8 Å². The van der Waals surface area contributed by atoms with E-state index in [1.54, 1.807) is 52.3 Å². The third-order valence-corrected chi connectivity index (χ3v) is 5.30. The van der Waals surface area contributed by atoms with Gasteiger partial charge in [-0.25, -0.2) is 13.1 Å². The predicted molar refractivity (Wildman–Crippen MR) is 103 cm³/mol. The first kappa shape index (κ1) is 19.0. The summed E-state index contributed by atoms with van der Waals surface area (Å²) in [6, 6.07) is 8.23. The molecule has 8 nitrogen and oxygen atoms in total. The summed E-state index contributed by atoms with van der Waals surface area (Å²) in [6.45, 7) is 5.35. The van der Waals surface area contributed by atoms with Crippen molar-refractivity contribution in [3.63, 3.8) is 0 Å². The maximum atomic E-state index is 12.5. The topological polar surface area (TPSA) is 110 Å². The lowest BCUT2D eigenvalue weighted by Crippen LogP contribution is -2.40. The first-order chi connectivity index (χ1) is 12.7. The van der Waals surface area contributed by atoms with Gasteiger partial charge in [0.05, 0.1) is 10.6 Å². The fourth-order valence-corrected chi connectivity index (χ4v) is 3.88. The van der Waals surface area contributed by atoms with Gasteiger partial charge in [0.2, 0.25) is 15.8 Å². The smallest absolute Gasteiger partial charge is 0.258 e. The highest BCUT2D eigenvalue weighted by Crippen LogP contribution is 2.25. The summed E-state index contributed by atoms with van der Waals surface area (Å²) in [7, 11) is -1.87. The molecule has 2 N–H and O–H groups in total. The van der Waals surface area contributed by atoms with Crippen LogP contribution in [0.3, 0.4) is 0 Å². The van der Waals surface area contributed by atoms with Gasteiger partial charge in [-0.3, -0.25) is 4.98 Å². The average Bonchev–Trinajstić information content (AvgIpc) is 3.10. The number of anilines is 1. The van der Waals surface area contributed by atoms with Crippen molar-refractivity contribution in [3.05, 3.63) is 42.7 Å². The SMILES string of the molecule is CNc1cncc(-c2noc(-c3cccc(S(=O)(=O)NC(C)(C)C)c3)n2)c1. The molecular formula is C18H21N5O3S. The lowest BCUT2D eigenvalue weighted by molar-refractivity contribution is 0.432. The minimum Gasteiger partial charge on any atom is -0.387 e. The molecule has 9 heteroatoms. The predicted octanol–water partition coefficient (Wildman–Crippen LogP) is 2.92. The van der Waals surface area contributed by atoms with Crippen LogP contribution in [0.4, 0.5) is 5.69 Å². The largest absolute Gasteiger partial charge is 0.387 e. The maximum absolute atomic E-state index is 12.5. The minimum absolute atomic E-state index is 0.133. The van der Waals surface area contributed by atoms with Gasteiger partial charge in [0, 0.05) is 36.1 Å². The second-order valence-corrected chi connectivity index (χ2v) is 8.70. The van der Waals surface area contributed by atoms with Crippen molar-refractivity contribution < 1.29 is 12.9 Å². The molecule has 0 atom stereocenters. The zero-order valence-electron chi connectivity index (χ0n) is 15.5. The van der Waals surface area contributed by atoms with Crippen molar-refractivity contribution in [1.29, 1.82) is 0 Å². The molecule has 1 aromatic carbocycles. The van der Waals surface area contributed by atoms with Crippen LogP contribution in [0.15, 0.2) is 52.1 Å². The van der Waals surface area contributed by atoms with E-state index in [4.69, 9.17) is 4.52 Å². The molecule has 27 heavy (non-hydrogen) atoms. The zero-order chi connectivity index (χ0) is 19.7. The van der Waals surface area contributed by atoms with Crippen LogP contribution < -0.4 is 10.0 Å². The molecule has 0 spiro atoms. The molecule has 0 fully saturated rings. The van der Waals surface area contributed by atoms with Crippen molar-refractivity contribution >= 4 is 15.7 Å². The van der Waals surface area contributed by atoms with E-state index < -0.39 is 15.6 Å². The summed E-state index contributed by atoms with van der Waals surface area (Å²) in [6.07, 6.45) is 3.31. The number of hydrogen-bond acceptors (Lipinski definition) is 7. The van der Waals surface area contributed by atoms with E-state index in [2.05, 4.69) is 25.2 Å². The van der Waals surface area contributed by atoms with E-state index in [0.717, 1.165) is 5.69 Å². The summed E-state index contributed by atoms with van der Waals surface area (Å²) < 4.78 is 33.0. The average molecular weight is 387 g/mol. The number of pyridine rings is 1. The summed E-state index contributed by atoms with van der Waals surface area (Å²) in [5, 5.41) is 6.97. The monoisotopic (exact) mass is 387 g/mol. The van der Waals surface area contributed by atoms with Gasteiger partial charge in [0.25, 0.3) is 5.89 Å². The maximum Gasteiger partial charge on any atom is 0.258 e. The summed E-state index contributed by atoms with van der Waals surface area (Å²) in [5.41, 5.74) is 1.44. The molecule has 3 rings (SSSR count). The number of sulfonamides is 1. The van der Waals surface area contributed by atoms with Crippen LogP contribution >= 0.6 is 0 Å². The Labute approximate surface area is 158 Å². The molecule has 0 aliphatic heterocycles. The second-order valence-electron chi connectivity index (χ2n) is 7.02. The Morgan fingerprint density at radius 3 is 2.56 bits per heavy atom. The van der Waals surface area contributed by atoms with Gasteiger partial charge in [0.15, 0.2) is 0 Å². The summed E-state index contributed by atoms with van der Waals surface area (Å²) >= 11 is 0. The molecule has 0 saturated carbocycles. The Hall–Kier alpha value is -2.78. The van der Waals surface area contributed by atoms with Crippen LogP contribution in [-0.2, 0) is 10.0 Å². The van der Waals surface area contributed by atoms with Gasteiger partial charge in [-0.15, -0.1) is 0 Å². The Bertz CT molecular complexity index is 1050. The van der Waals surface area contributed by atoms with Gasteiger partial charge < -0.3 is 9.84 Å². The van der Waals surface area contributed by atoms with Crippen LogP contribution in [0.1, 0.15) is 20.8 Å².